The number of cyclic esters (lactones) is 2. The average molecular weight is 419 g/mol. The third-order valence-electron chi connectivity index (χ3n) is 6.36. The maximum atomic E-state index is 11.6. The van der Waals surface area contributed by atoms with Crippen molar-refractivity contribution in [3.05, 3.63) is 64.4 Å². The van der Waals surface area contributed by atoms with Crippen molar-refractivity contribution < 1.29 is 19.1 Å². The molecule has 160 valence electrons. The predicted octanol–water partition coefficient (Wildman–Crippen LogP) is 2.45. The summed E-state index contributed by atoms with van der Waals surface area (Å²) in [5, 5.41) is 0. The second-order valence-corrected chi connectivity index (χ2v) is 8.23. The normalized spacial score (nSPS) is 18.9. The van der Waals surface area contributed by atoms with Gasteiger partial charge in [0.1, 0.15) is 19.0 Å². The molecule has 3 aliphatic rings. The maximum absolute atomic E-state index is 11.6. The highest BCUT2D eigenvalue weighted by molar-refractivity contribution is 6.01. The molecule has 31 heavy (non-hydrogen) atoms. The van der Waals surface area contributed by atoms with E-state index in [0.717, 1.165) is 61.7 Å². The van der Waals surface area contributed by atoms with Crippen LogP contribution in [0.15, 0.2) is 42.1 Å². The van der Waals surface area contributed by atoms with Crippen LogP contribution in [0.2, 0.25) is 0 Å². The quantitative estimate of drug-likeness (QED) is 0.690. The minimum atomic E-state index is -0.239. The van der Waals surface area contributed by atoms with Gasteiger partial charge < -0.3 is 14.4 Å². The Kier molecular flexibility index (Phi) is 5.19. The second kappa shape index (κ2) is 8.15. The van der Waals surface area contributed by atoms with E-state index in [4.69, 9.17) is 9.47 Å². The smallest absolute Gasteiger partial charge is 0.338 e. The molecule has 7 heteroatoms. The van der Waals surface area contributed by atoms with Crippen LogP contribution in [0.25, 0.3) is 5.57 Å². The van der Waals surface area contributed by atoms with E-state index in [1.165, 1.54) is 5.56 Å². The van der Waals surface area contributed by atoms with Crippen molar-refractivity contribution in [2.45, 2.75) is 20.0 Å². The Bertz CT molecular complexity index is 1050. The SMILES string of the molecule is CC1=C(c2ccc(N3CCN(CCc4ccc5c(c4)COC5=O)CC3)nc2)COC1=O. The van der Waals surface area contributed by atoms with Gasteiger partial charge in [-0.2, -0.15) is 0 Å². The minimum absolute atomic E-state index is 0.212. The van der Waals surface area contributed by atoms with Crippen LogP contribution in [0.1, 0.15) is 34.0 Å². The van der Waals surface area contributed by atoms with Gasteiger partial charge in [0, 0.05) is 61.2 Å². The molecule has 5 rings (SSSR count). The van der Waals surface area contributed by atoms with Crippen molar-refractivity contribution in [2.24, 2.45) is 0 Å². The first-order chi connectivity index (χ1) is 15.1. The molecule has 0 aliphatic carbocycles. The van der Waals surface area contributed by atoms with Crippen LogP contribution in [-0.4, -0.2) is 61.2 Å². The van der Waals surface area contributed by atoms with Gasteiger partial charge in [-0.3, -0.25) is 4.90 Å². The summed E-state index contributed by atoms with van der Waals surface area (Å²) >= 11 is 0. The molecule has 2 aromatic rings. The van der Waals surface area contributed by atoms with Crippen molar-refractivity contribution >= 4 is 23.3 Å². The molecular weight excluding hydrogens is 394 g/mol. The summed E-state index contributed by atoms with van der Waals surface area (Å²) in [5.41, 5.74) is 5.50. The van der Waals surface area contributed by atoms with E-state index in [-0.39, 0.29) is 11.9 Å². The Balaban J connectivity index is 1.14. The van der Waals surface area contributed by atoms with Gasteiger partial charge in [-0.05, 0) is 37.1 Å². The summed E-state index contributed by atoms with van der Waals surface area (Å²) < 4.78 is 10.2. The lowest BCUT2D eigenvalue weighted by molar-refractivity contribution is -0.135. The summed E-state index contributed by atoms with van der Waals surface area (Å²) in [4.78, 5) is 32.6. The average Bonchev–Trinajstić information content (AvgIpc) is 3.34. The first-order valence-corrected chi connectivity index (χ1v) is 10.7. The fraction of sp³-hybridized carbons (Fsp3) is 0.375. The number of nitrogens with zero attached hydrogens (tertiary/aromatic N) is 3. The number of benzene rings is 1. The highest BCUT2D eigenvalue weighted by atomic mass is 16.5. The number of piperazine rings is 1. The number of carbonyl (C=O) groups excluding carboxylic acids is 2. The number of carbonyl (C=O) groups is 2. The summed E-state index contributed by atoms with van der Waals surface area (Å²) in [6.45, 7) is 7.36. The first kappa shape index (κ1) is 19.8. The topological polar surface area (TPSA) is 72.0 Å². The fourth-order valence-electron chi connectivity index (χ4n) is 4.36. The third-order valence-corrected chi connectivity index (χ3v) is 6.36. The first-order valence-electron chi connectivity index (χ1n) is 10.7. The zero-order chi connectivity index (χ0) is 21.4. The number of pyridine rings is 1. The summed E-state index contributed by atoms with van der Waals surface area (Å²) in [5.74, 6) is 0.517. The van der Waals surface area contributed by atoms with E-state index < -0.39 is 0 Å². The standard InChI is InChI=1S/C24H25N3O4/c1-16-21(15-31-23(16)28)18-3-5-22(25-13-18)27-10-8-26(9-11-27)7-6-17-2-4-20-19(12-17)14-30-24(20)29/h2-5,12-13H,6-11,14-15H2,1H3. The molecule has 0 amide bonds. The van der Waals surface area contributed by atoms with Gasteiger partial charge in [-0.25, -0.2) is 14.6 Å². The van der Waals surface area contributed by atoms with Gasteiger partial charge in [0.2, 0.25) is 0 Å². The highest BCUT2D eigenvalue weighted by Gasteiger charge is 2.24. The van der Waals surface area contributed by atoms with E-state index in [9.17, 15) is 9.59 Å². The molecule has 3 aliphatic heterocycles. The molecule has 0 spiro atoms. The van der Waals surface area contributed by atoms with E-state index in [1.807, 2.05) is 30.5 Å². The maximum Gasteiger partial charge on any atom is 0.338 e. The summed E-state index contributed by atoms with van der Waals surface area (Å²) in [6, 6.07) is 10.1. The van der Waals surface area contributed by atoms with Crippen LogP contribution in [0.5, 0.6) is 0 Å². The van der Waals surface area contributed by atoms with Crippen LogP contribution in [-0.2, 0) is 27.3 Å². The Hall–Kier alpha value is -3.19. The van der Waals surface area contributed by atoms with Crippen LogP contribution >= 0.6 is 0 Å². The van der Waals surface area contributed by atoms with E-state index in [1.54, 1.807) is 6.92 Å². The lowest BCUT2D eigenvalue weighted by atomic mass is 10.0. The highest BCUT2D eigenvalue weighted by Crippen LogP contribution is 2.26. The lowest BCUT2D eigenvalue weighted by Crippen LogP contribution is -2.47. The predicted molar refractivity (Wildman–Crippen MR) is 116 cm³/mol. The largest absolute Gasteiger partial charge is 0.457 e. The molecule has 7 nitrogen and oxygen atoms in total. The molecule has 1 fully saturated rings. The molecule has 0 saturated carbocycles. The molecule has 4 heterocycles. The molecule has 1 saturated heterocycles. The van der Waals surface area contributed by atoms with Crippen LogP contribution in [0, 0.1) is 0 Å². The number of hydrogen-bond acceptors (Lipinski definition) is 7. The monoisotopic (exact) mass is 419 g/mol. The van der Waals surface area contributed by atoms with Gasteiger partial charge in [0.25, 0.3) is 0 Å². The van der Waals surface area contributed by atoms with Gasteiger partial charge >= 0.3 is 11.9 Å². The molecular formula is C24H25N3O4. The number of anilines is 1. The van der Waals surface area contributed by atoms with Crippen molar-refractivity contribution in [1.29, 1.82) is 0 Å². The lowest BCUT2D eigenvalue weighted by Gasteiger charge is -2.35. The van der Waals surface area contributed by atoms with Crippen LogP contribution in [0.3, 0.4) is 0 Å². The number of esters is 2. The van der Waals surface area contributed by atoms with Gasteiger partial charge in [-0.15, -0.1) is 0 Å². The number of fused-ring (bicyclic) bond motifs is 1. The Morgan fingerprint density at radius 2 is 1.77 bits per heavy atom. The molecule has 0 atom stereocenters. The van der Waals surface area contributed by atoms with Crippen molar-refractivity contribution in [2.75, 3.05) is 44.2 Å². The third kappa shape index (κ3) is 3.93. The van der Waals surface area contributed by atoms with Crippen molar-refractivity contribution in [3.63, 3.8) is 0 Å². The number of rotatable bonds is 5. The Labute approximate surface area is 181 Å². The van der Waals surface area contributed by atoms with E-state index >= 15 is 0 Å². The van der Waals surface area contributed by atoms with E-state index in [0.29, 0.717) is 24.4 Å². The summed E-state index contributed by atoms with van der Waals surface area (Å²) in [6.07, 6.45) is 2.80. The number of hydrogen-bond donors (Lipinski definition) is 0. The molecule has 0 bridgehead atoms. The fourth-order valence-corrected chi connectivity index (χ4v) is 4.36. The van der Waals surface area contributed by atoms with Crippen molar-refractivity contribution in [3.8, 4) is 0 Å². The van der Waals surface area contributed by atoms with Gasteiger partial charge in [0.15, 0.2) is 0 Å². The number of aromatic nitrogens is 1. The van der Waals surface area contributed by atoms with Crippen LogP contribution < -0.4 is 4.90 Å². The Morgan fingerprint density at radius 1 is 0.968 bits per heavy atom. The van der Waals surface area contributed by atoms with Gasteiger partial charge in [-0.1, -0.05) is 12.1 Å². The Morgan fingerprint density at radius 3 is 2.48 bits per heavy atom. The molecule has 1 aromatic carbocycles. The zero-order valence-corrected chi connectivity index (χ0v) is 17.6. The molecule has 0 N–H and O–H groups in total. The second-order valence-electron chi connectivity index (χ2n) is 8.23. The molecule has 0 unspecified atom stereocenters. The van der Waals surface area contributed by atoms with Crippen LogP contribution in [0.4, 0.5) is 5.82 Å². The minimum Gasteiger partial charge on any atom is -0.457 e. The summed E-state index contributed by atoms with van der Waals surface area (Å²) in [7, 11) is 0. The van der Waals surface area contributed by atoms with E-state index in [2.05, 4.69) is 20.9 Å². The molecule has 1 aromatic heterocycles. The van der Waals surface area contributed by atoms with Crippen molar-refractivity contribution in [1.82, 2.24) is 9.88 Å². The van der Waals surface area contributed by atoms with Gasteiger partial charge in [0.05, 0.1) is 5.56 Å². The zero-order valence-electron chi connectivity index (χ0n) is 17.6. The molecule has 0 radical (unpaired) electrons. The number of ether oxygens (including phenoxy) is 2.